The van der Waals surface area contributed by atoms with Crippen LogP contribution >= 0.6 is 11.3 Å². The topological polar surface area (TPSA) is 75.4 Å². The highest BCUT2D eigenvalue weighted by Crippen LogP contribution is 2.34. The van der Waals surface area contributed by atoms with Gasteiger partial charge in [-0.25, -0.2) is 4.98 Å². The molecule has 0 saturated carbocycles. The standard InChI is InChI=1S/C23H21N3O3S/c1-15-12-16(2)14-17(13-15)26(23-25-18-6-3-4-8-20(18)30-23)21(27)9-10-24-22(28)19-7-5-11-29-19/h3-8,11-14H,9-10H2,1-2H3,(H,24,28). The molecule has 30 heavy (non-hydrogen) atoms. The summed E-state index contributed by atoms with van der Waals surface area (Å²) >= 11 is 1.47. The van der Waals surface area contributed by atoms with Gasteiger partial charge in [0.25, 0.3) is 5.91 Å². The van der Waals surface area contributed by atoms with Crippen molar-refractivity contribution >= 4 is 44.2 Å². The van der Waals surface area contributed by atoms with Crippen LogP contribution in [0.3, 0.4) is 0 Å². The SMILES string of the molecule is Cc1cc(C)cc(N(C(=O)CCNC(=O)c2ccco2)c2nc3ccccc3s2)c1. The van der Waals surface area contributed by atoms with E-state index in [9.17, 15) is 9.59 Å². The first-order valence-electron chi connectivity index (χ1n) is 9.60. The molecule has 1 N–H and O–H groups in total. The van der Waals surface area contributed by atoms with Crippen LogP contribution in [0.5, 0.6) is 0 Å². The summed E-state index contributed by atoms with van der Waals surface area (Å²) in [5.41, 5.74) is 3.75. The number of para-hydroxylation sites is 1. The molecule has 4 rings (SSSR count). The number of benzene rings is 2. The maximum atomic E-state index is 13.2. The Morgan fingerprint density at radius 1 is 1.07 bits per heavy atom. The number of thiazole rings is 1. The fourth-order valence-corrected chi connectivity index (χ4v) is 4.29. The van der Waals surface area contributed by atoms with Crippen molar-refractivity contribution in [1.29, 1.82) is 0 Å². The first-order chi connectivity index (χ1) is 14.5. The molecule has 0 aliphatic heterocycles. The minimum Gasteiger partial charge on any atom is -0.459 e. The monoisotopic (exact) mass is 419 g/mol. The number of carbonyl (C=O) groups excluding carboxylic acids is 2. The molecule has 2 aromatic carbocycles. The molecule has 2 aromatic heterocycles. The van der Waals surface area contributed by atoms with Gasteiger partial charge in [0.05, 0.1) is 22.2 Å². The number of aryl methyl sites for hydroxylation is 2. The van der Waals surface area contributed by atoms with Gasteiger partial charge in [-0.2, -0.15) is 0 Å². The summed E-state index contributed by atoms with van der Waals surface area (Å²) in [5.74, 6) is -0.260. The number of nitrogens with one attached hydrogen (secondary N) is 1. The second-order valence-electron chi connectivity index (χ2n) is 7.02. The van der Waals surface area contributed by atoms with Crippen molar-refractivity contribution < 1.29 is 14.0 Å². The Morgan fingerprint density at radius 2 is 1.83 bits per heavy atom. The summed E-state index contributed by atoms with van der Waals surface area (Å²) in [7, 11) is 0. The maximum absolute atomic E-state index is 13.2. The molecule has 0 spiro atoms. The first kappa shape index (κ1) is 19.8. The molecule has 4 aromatic rings. The van der Waals surface area contributed by atoms with E-state index in [0.717, 1.165) is 27.0 Å². The van der Waals surface area contributed by atoms with Crippen LogP contribution in [0.25, 0.3) is 10.2 Å². The predicted molar refractivity (Wildman–Crippen MR) is 118 cm³/mol. The molecule has 7 heteroatoms. The summed E-state index contributed by atoms with van der Waals surface area (Å²) in [6.07, 6.45) is 1.57. The van der Waals surface area contributed by atoms with E-state index in [1.807, 2.05) is 50.2 Å². The molecule has 0 bridgehead atoms. The zero-order chi connectivity index (χ0) is 21.1. The molecule has 0 atom stereocenters. The Morgan fingerprint density at radius 3 is 2.53 bits per heavy atom. The molecule has 2 amide bonds. The van der Waals surface area contributed by atoms with Gasteiger partial charge in [0.15, 0.2) is 10.9 Å². The second kappa shape index (κ2) is 8.51. The quantitative estimate of drug-likeness (QED) is 0.478. The number of fused-ring (bicyclic) bond motifs is 1. The summed E-state index contributed by atoms with van der Waals surface area (Å²) in [6.45, 7) is 4.20. The lowest BCUT2D eigenvalue weighted by Crippen LogP contribution is -2.31. The zero-order valence-electron chi connectivity index (χ0n) is 16.7. The largest absolute Gasteiger partial charge is 0.459 e. The molecule has 0 aliphatic carbocycles. The summed E-state index contributed by atoms with van der Waals surface area (Å²) in [5, 5.41) is 3.34. The van der Waals surface area contributed by atoms with Crippen LogP contribution in [-0.4, -0.2) is 23.3 Å². The van der Waals surface area contributed by atoms with E-state index in [2.05, 4.69) is 16.4 Å². The van der Waals surface area contributed by atoms with Gasteiger partial charge in [0.2, 0.25) is 5.91 Å². The smallest absolute Gasteiger partial charge is 0.286 e. The average Bonchev–Trinajstić information content (AvgIpc) is 3.37. The van der Waals surface area contributed by atoms with Crippen molar-refractivity contribution in [2.75, 3.05) is 11.4 Å². The van der Waals surface area contributed by atoms with Gasteiger partial charge in [-0.05, 0) is 61.4 Å². The van der Waals surface area contributed by atoms with Crippen molar-refractivity contribution in [3.63, 3.8) is 0 Å². The molecule has 0 saturated heterocycles. The van der Waals surface area contributed by atoms with E-state index in [0.29, 0.717) is 5.13 Å². The van der Waals surface area contributed by atoms with Crippen LogP contribution in [-0.2, 0) is 4.79 Å². The molecule has 0 fully saturated rings. The van der Waals surface area contributed by atoms with Crippen LogP contribution in [0.2, 0.25) is 0 Å². The van der Waals surface area contributed by atoms with Crippen molar-refractivity contribution in [3.8, 4) is 0 Å². The van der Waals surface area contributed by atoms with Gasteiger partial charge in [0, 0.05) is 13.0 Å². The normalized spacial score (nSPS) is 10.9. The van der Waals surface area contributed by atoms with Crippen molar-refractivity contribution in [1.82, 2.24) is 10.3 Å². The van der Waals surface area contributed by atoms with E-state index in [1.165, 1.54) is 17.6 Å². The Kier molecular flexibility index (Phi) is 5.63. The highest BCUT2D eigenvalue weighted by Gasteiger charge is 2.22. The third-order valence-electron chi connectivity index (χ3n) is 4.56. The highest BCUT2D eigenvalue weighted by atomic mass is 32.1. The summed E-state index contributed by atoms with van der Waals surface area (Å²) in [4.78, 5) is 31.6. The Balaban J connectivity index is 1.59. The maximum Gasteiger partial charge on any atom is 0.286 e. The molecular formula is C23H21N3O3S. The van der Waals surface area contributed by atoms with E-state index >= 15 is 0 Å². The van der Waals surface area contributed by atoms with Gasteiger partial charge in [-0.3, -0.25) is 14.5 Å². The molecule has 152 valence electrons. The number of rotatable bonds is 6. The number of amides is 2. The fourth-order valence-electron chi connectivity index (χ4n) is 3.29. The third-order valence-corrected chi connectivity index (χ3v) is 5.58. The van der Waals surface area contributed by atoms with Gasteiger partial charge >= 0.3 is 0 Å². The number of hydrogen-bond donors (Lipinski definition) is 1. The number of hydrogen-bond acceptors (Lipinski definition) is 5. The zero-order valence-corrected chi connectivity index (χ0v) is 17.5. The van der Waals surface area contributed by atoms with Crippen LogP contribution in [0.4, 0.5) is 10.8 Å². The summed E-state index contributed by atoms with van der Waals surface area (Å²) in [6, 6.07) is 17.0. The molecule has 0 aliphatic rings. The molecule has 0 unspecified atom stereocenters. The van der Waals surface area contributed by atoms with E-state index in [4.69, 9.17) is 4.42 Å². The number of aromatic nitrogens is 1. The Hall–Kier alpha value is -3.45. The molecular weight excluding hydrogens is 398 g/mol. The number of furan rings is 1. The van der Waals surface area contributed by atoms with E-state index in [-0.39, 0.29) is 30.5 Å². The second-order valence-corrected chi connectivity index (χ2v) is 8.03. The van der Waals surface area contributed by atoms with Gasteiger partial charge in [0.1, 0.15) is 0 Å². The van der Waals surface area contributed by atoms with Crippen molar-refractivity contribution in [2.45, 2.75) is 20.3 Å². The van der Waals surface area contributed by atoms with E-state index < -0.39 is 0 Å². The highest BCUT2D eigenvalue weighted by molar-refractivity contribution is 7.22. The average molecular weight is 420 g/mol. The Bertz CT molecular complexity index is 1140. The van der Waals surface area contributed by atoms with Crippen LogP contribution in [0.1, 0.15) is 28.1 Å². The minimum atomic E-state index is -0.342. The molecule has 0 radical (unpaired) electrons. The van der Waals surface area contributed by atoms with Crippen LogP contribution < -0.4 is 10.2 Å². The Labute approximate surface area is 178 Å². The van der Waals surface area contributed by atoms with Gasteiger partial charge in [-0.15, -0.1) is 0 Å². The number of nitrogens with zero attached hydrogens (tertiary/aromatic N) is 2. The van der Waals surface area contributed by atoms with Crippen molar-refractivity contribution in [2.24, 2.45) is 0 Å². The molecule has 2 heterocycles. The van der Waals surface area contributed by atoms with Crippen molar-refractivity contribution in [3.05, 3.63) is 77.7 Å². The first-order valence-corrected chi connectivity index (χ1v) is 10.4. The molecule has 6 nitrogen and oxygen atoms in total. The van der Waals surface area contributed by atoms with Crippen LogP contribution in [0, 0.1) is 13.8 Å². The van der Waals surface area contributed by atoms with Gasteiger partial charge in [-0.1, -0.05) is 29.5 Å². The lowest BCUT2D eigenvalue weighted by Gasteiger charge is -2.21. The summed E-state index contributed by atoms with van der Waals surface area (Å²) < 4.78 is 6.10. The lowest BCUT2D eigenvalue weighted by molar-refractivity contribution is -0.117. The third kappa shape index (κ3) is 4.26. The number of anilines is 2. The predicted octanol–water partition coefficient (Wildman–Crippen LogP) is 4.99. The van der Waals surface area contributed by atoms with Gasteiger partial charge < -0.3 is 9.73 Å². The number of carbonyl (C=O) groups is 2. The fraction of sp³-hybridized carbons (Fsp3) is 0.174. The lowest BCUT2D eigenvalue weighted by atomic mass is 10.1. The van der Waals surface area contributed by atoms with Crippen LogP contribution in [0.15, 0.2) is 65.3 Å². The minimum absolute atomic E-state index is 0.134. The van der Waals surface area contributed by atoms with E-state index in [1.54, 1.807) is 17.0 Å².